The Morgan fingerprint density at radius 3 is 2.90 bits per heavy atom. The number of allylic oxidation sites excluding steroid dienone is 1. The van der Waals surface area contributed by atoms with Crippen LogP contribution in [-0.4, -0.2) is 14.8 Å². The molecule has 3 nitrogen and oxygen atoms in total. The van der Waals surface area contributed by atoms with E-state index in [2.05, 4.69) is 0 Å². The van der Waals surface area contributed by atoms with Gasteiger partial charge in [0.15, 0.2) is 0 Å². The zero-order valence-corrected chi connectivity index (χ0v) is 6.14. The Hall–Kier alpha value is -0.450. The minimum atomic E-state index is -2.13. The molecule has 2 atom stereocenters. The summed E-state index contributed by atoms with van der Waals surface area (Å²) in [5.74, 6) is 0. The second-order valence-corrected chi connectivity index (χ2v) is 3.05. The Bertz CT molecular complexity index is 210. The van der Waals surface area contributed by atoms with Crippen molar-refractivity contribution in [1.29, 1.82) is 0 Å². The smallest absolute Gasteiger partial charge is 0.0273 e. The van der Waals surface area contributed by atoms with Crippen molar-refractivity contribution in [2.75, 3.05) is 0 Å². The Morgan fingerprint density at radius 1 is 1.80 bits per heavy atom. The van der Waals surface area contributed by atoms with E-state index in [1.54, 1.807) is 18.2 Å². The van der Waals surface area contributed by atoms with Crippen LogP contribution in [0.5, 0.6) is 0 Å². The van der Waals surface area contributed by atoms with Gasteiger partial charge in [0.05, 0.1) is 0 Å². The lowest BCUT2D eigenvalue weighted by Crippen LogP contribution is -2.18. The first-order valence-electron chi connectivity index (χ1n) is 2.93. The van der Waals surface area contributed by atoms with E-state index in [-0.39, 0.29) is 6.04 Å². The fraction of sp³-hybridized carbons (Fsp3) is 0.333. The minimum absolute atomic E-state index is 0.141. The summed E-state index contributed by atoms with van der Waals surface area (Å²) in [6, 6.07) is -0.141. The molecule has 0 radical (unpaired) electrons. The van der Waals surface area contributed by atoms with Gasteiger partial charge >= 0.3 is 0 Å². The first-order chi connectivity index (χ1) is 4.70. The molecule has 0 heterocycles. The fourth-order valence-corrected chi connectivity index (χ4v) is 1.28. The van der Waals surface area contributed by atoms with Crippen molar-refractivity contribution in [1.82, 2.24) is 0 Å². The average molecular weight is 158 g/mol. The van der Waals surface area contributed by atoms with Crippen molar-refractivity contribution in [2.45, 2.75) is 12.5 Å². The fourth-order valence-electron chi connectivity index (χ4n) is 0.787. The van der Waals surface area contributed by atoms with Crippen LogP contribution in [0.15, 0.2) is 23.1 Å². The van der Waals surface area contributed by atoms with Crippen LogP contribution in [0.2, 0.25) is 0 Å². The van der Waals surface area contributed by atoms with Crippen molar-refractivity contribution in [3.63, 3.8) is 0 Å². The quantitative estimate of drug-likeness (QED) is 0.548. The number of rotatable bonds is 1. The van der Waals surface area contributed by atoms with Crippen molar-refractivity contribution in [3.05, 3.63) is 23.1 Å². The average Bonchev–Trinajstić information content (AvgIpc) is 1.88. The van der Waals surface area contributed by atoms with Crippen LogP contribution in [-0.2, 0) is 11.1 Å². The molecule has 2 N–H and O–H groups in total. The third kappa shape index (κ3) is 1.76. The largest absolute Gasteiger partial charge is 0.768 e. The Balaban J connectivity index is 2.76. The molecule has 0 aliphatic heterocycles. The normalized spacial score (nSPS) is 27.8. The summed E-state index contributed by atoms with van der Waals surface area (Å²) in [6.07, 6.45) is 5.59. The van der Waals surface area contributed by atoms with Gasteiger partial charge in [-0.2, -0.15) is 0 Å². The molecule has 1 aliphatic carbocycles. The molecular formula is C6H8NO2S-. The molecule has 1 rings (SSSR count). The second kappa shape index (κ2) is 3.09. The van der Waals surface area contributed by atoms with E-state index in [0.717, 1.165) is 6.42 Å². The Morgan fingerprint density at radius 2 is 2.50 bits per heavy atom. The van der Waals surface area contributed by atoms with Gasteiger partial charge in [-0.25, -0.2) is 0 Å². The zero-order valence-electron chi connectivity index (χ0n) is 5.32. The van der Waals surface area contributed by atoms with Crippen LogP contribution in [0.4, 0.5) is 0 Å². The molecule has 0 saturated heterocycles. The van der Waals surface area contributed by atoms with E-state index in [0.29, 0.717) is 4.91 Å². The lowest BCUT2D eigenvalue weighted by molar-refractivity contribution is 0.544. The maximum Gasteiger partial charge on any atom is 0.0273 e. The third-order valence-corrected chi connectivity index (χ3v) is 1.92. The molecule has 0 fully saturated rings. The first-order valence-corrected chi connectivity index (χ1v) is 4.01. The molecule has 0 bridgehead atoms. The monoisotopic (exact) mass is 158 g/mol. The highest BCUT2D eigenvalue weighted by atomic mass is 32.2. The van der Waals surface area contributed by atoms with Gasteiger partial charge in [-0.05, 0) is 17.5 Å². The molecule has 0 amide bonds. The number of hydrogen-bond acceptors (Lipinski definition) is 3. The molecule has 0 aromatic carbocycles. The van der Waals surface area contributed by atoms with Crippen molar-refractivity contribution in [2.24, 2.45) is 5.73 Å². The highest BCUT2D eigenvalue weighted by molar-refractivity contribution is 7.83. The van der Waals surface area contributed by atoms with Crippen LogP contribution >= 0.6 is 0 Å². The van der Waals surface area contributed by atoms with Gasteiger partial charge in [0.25, 0.3) is 0 Å². The predicted octanol–water partition coefficient (Wildman–Crippen LogP) is 0.0366. The number of hydrogen-bond donors (Lipinski definition) is 1. The van der Waals surface area contributed by atoms with Crippen LogP contribution in [0.25, 0.3) is 0 Å². The maximum atomic E-state index is 10.3. The first kappa shape index (κ1) is 7.65. The SMILES string of the molecule is NC1C=C(S(=O)[O-])C=CC1. The summed E-state index contributed by atoms with van der Waals surface area (Å²) in [7, 11) is 0. The van der Waals surface area contributed by atoms with E-state index in [1.165, 1.54) is 0 Å². The topological polar surface area (TPSA) is 66.2 Å². The van der Waals surface area contributed by atoms with Crippen LogP contribution in [0, 0.1) is 0 Å². The molecule has 56 valence electrons. The highest BCUT2D eigenvalue weighted by Gasteiger charge is 2.03. The molecule has 2 unspecified atom stereocenters. The van der Waals surface area contributed by atoms with E-state index >= 15 is 0 Å². The van der Waals surface area contributed by atoms with Gasteiger partial charge in [0.1, 0.15) is 0 Å². The van der Waals surface area contributed by atoms with Crippen LogP contribution in [0.3, 0.4) is 0 Å². The molecule has 0 aromatic heterocycles. The lowest BCUT2D eigenvalue weighted by atomic mass is 10.1. The lowest BCUT2D eigenvalue weighted by Gasteiger charge is -2.13. The van der Waals surface area contributed by atoms with Gasteiger partial charge in [0.2, 0.25) is 0 Å². The summed E-state index contributed by atoms with van der Waals surface area (Å²) in [4.78, 5) is 0.291. The third-order valence-electron chi connectivity index (χ3n) is 1.26. The molecule has 1 aliphatic rings. The van der Waals surface area contributed by atoms with Crippen molar-refractivity contribution in [3.8, 4) is 0 Å². The zero-order chi connectivity index (χ0) is 7.56. The molecule has 0 saturated carbocycles. The van der Waals surface area contributed by atoms with Crippen LogP contribution < -0.4 is 5.73 Å². The molecule has 10 heavy (non-hydrogen) atoms. The minimum Gasteiger partial charge on any atom is -0.768 e. The maximum absolute atomic E-state index is 10.3. The van der Waals surface area contributed by atoms with Gasteiger partial charge in [-0.15, -0.1) is 0 Å². The molecule has 4 heteroatoms. The summed E-state index contributed by atoms with van der Waals surface area (Å²) < 4.78 is 20.6. The Labute approximate surface area is 61.9 Å². The second-order valence-electron chi connectivity index (χ2n) is 2.11. The standard InChI is InChI=1S/C6H9NO2S/c7-5-2-1-3-6(4-5)10(8)9/h1,3-5H,2,7H2,(H,8,9)/p-1. The van der Waals surface area contributed by atoms with Gasteiger partial charge < -0.3 is 10.3 Å². The van der Waals surface area contributed by atoms with Gasteiger partial charge in [0, 0.05) is 10.9 Å². The molecule has 0 spiro atoms. The molecule has 0 aromatic rings. The van der Waals surface area contributed by atoms with Gasteiger partial charge in [-0.1, -0.05) is 18.2 Å². The van der Waals surface area contributed by atoms with E-state index in [9.17, 15) is 8.76 Å². The summed E-state index contributed by atoms with van der Waals surface area (Å²) >= 11 is -2.13. The van der Waals surface area contributed by atoms with E-state index in [4.69, 9.17) is 5.73 Å². The van der Waals surface area contributed by atoms with E-state index in [1.807, 2.05) is 0 Å². The highest BCUT2D eigenvalue weighted by Crippen LogP contribution is 2.10. The van der Waals surface area contributed by atoms with E-state index < -0.39 is 11.1 Å². The van der Waals surface area contributed by atoms with Gasteiger partial charge in [-0.3, -0.25) is 4.21 Å². The van der Waals surface area contributed by atoms with Crippen molar-refractivity contribution >= 4 is 11.1 Å². The summed E-state index contributed by atoms with van der Waals surface area (Å²) in [6.45, 7) is 0. The Kier molecular flexibility index (Phi) is 2.37. The summed E-state index contributed by atoms with van der Waals surface area (Å²) in [5.41, 5.74) is 5.46. The predicted molar refractivity (Wildman–Crippen MR) is 38.7 cm³/mol. The molecular weight excluding hydrogens is 150 g/mol. The number of nitrogens with two attached hydrogens (primary N) is 1. The van der Waals surface area contributed by atoms with Crippen LogP contribution in [0.1, 0.15) is 6.42 Å². The van der Waals surface area contributed by atoms with Crippen molar-refractivity contribution < 1.29 is 8.76 Å². The summed E-state index contributed by atoms with van der Waals surface area (Å²) in [5, 5.41) is 0.